The van der Waals surface area contributed by atoms with E-state index in [0.717, 1.165) is 38.5 Å². The van der Waals surface area contributed by atoms with Gasteiger partial charge < -0.3 is 16.0 Å². The highest BCUT2D eigenvalue weighted by Gasteiger charge is 2.18. The lowest BCUT2D eigenvalue weighted by Crippen LogP contribution is -2.15. The lowest BCUT2D eigenvalue weighted by atomic mass is 10.0. The average Bonchev–Trinajstić information content (AvgIpc) is 3.13. The van der Waals surface area contributed by atoms with Crippen LogP contribution in [0.1, 0.15) is 26.3 Å². The van der Waals surface area contributed by atoms with Crippen LogP contribution in [0.2, 0.25) is 0 Å². The lowest BCUT2D eigenvalue weighted by molar-refractivity contribution is 0.0992. The molecule has 1 radical (unpaired) electrons. The molecule has 32 heavy (non-hydrogen) atoms. The van der Waals surface area contributed by atoms with Gasteiger partial charge >= 0.3 is 0 Å². The SMILES string of the molecule is NC(=O)c1ccccc1Cn1c2cc(-c3ccccc3)c[c]c2c2c(C(N)=O)cccc21. The van der Waals surface area contributed by atoms with Crippen LogP contribution >= 0.6 is 0 Å². The molecule has 0 fully saturated rings. The summed E-state index contributed by atoms with van der Waals surface area (Å²) in [5.41, 5.74) is 16.8. The fourth-order valence-corrected chi connectivity index (χ4v) is 4.30. The minimum atomic E-state index is -0.493. The molecule has 0 saturated carbocycles. The molecule has 5 nitrogen and oxygen atoms in total. The molecule has 5 aromatic rings. The third-order valence-electron chi connectivity index (χ3n) is 5.78. The van der Waals surface area contributed by atoms with Crippen molar-refractivity contribution in [2.24, 2.45) is 11.5 Å². The first kappa shape index (κ1) is 19.6. The van der Waals surface area contributed by atoms with E-state index < -0.39 is 11.8 Å². The zero-order valence-corrected chi connectivity index (χ0v) is 17.2. The number of aromatic nitrogens is 1. The van der Waals surface area contributed by atoms with Gasteiger partial charge in [-0.25, -0.2) is 0 Å². The number of rotatable bonds is 5. The Balaban J connectivity index is 1.82. The van der Waals surface area contributed by atoms with E-state index in [1.165, 1.54) is 0 Å². The fraction of sp³-hybridized carbons (Fsp3) is 0.0370. The summed E-state index contributed by atoms with van der Waals surface area (Å²) in [4.78, 5) is 24.2. The van der Waals surface area contributed by atoms with Crippen molar-refractivity contribution in [3.8, 4) is 11.1 Å². The van der Waals surface area contributed by atoms with Gasteiger partial charge in [0.2, 0.25) is 11.8 Å². The summed E-state index contributed by atoms with van der Waals surface area (Å²) in [6.45, 7) is 0.410. The van der Waals surface area contributed by atoms with E-state index in [9.17, 15) is 9.59 Å². The predicted octanol–water partition coefficient (Wildman–Crippen LogP) is 4.51. The van der Waals surface area contributed by atoms with Gasteiger partial charge in [-0.3, -0.25) is 9.59 Å². The number of benzene rings is 4. The molecule has 0 atom stereocenters. The van der Waals surface area contributed by atoms with Crippen molar-refractivity contribution >= 4 is 33.6 Å². The van der Waals surface area contributed by atoms with Crippen LogP contribution < -0.4 is 11.5 Å². The van der Waals surface area contributed by atoms with Crippen LogP contribution in [0.5, 0.6) is 0 Å². The minimum Gasteiger partial charge on any atom is -0.366 e. The van der Waals surface area contributed by atoms with Gasteiger partial charge in [0.1, 0.15) is 0 Å². The van der Waals surface area contributed by atoms with Crippen molar-refractivity contribution < 1.29 is 9.59 Å². The quantitative estimate of drug-likeness (QED) is 0.440. The van der Waals surface area contributed by atoms with Crippen molar-refractivity contribution in [1.29, 1.82) is 0 Å². The molecule has 0 aliphatic carbocycles. The lowest BCUT2D eigenvalue weighted by Gasteiger charge is -2.11. The molecule has 5 rings (SSSR count). The van der Waals surface area contributed by atoms with E-state index in [0.29, 0.717) is 17.7 Å². The molecule has 0 aliphatic heterocycles. The second-order valence-electron chi connectivity index (χ2n) is 7.69. The van der Waals surface area contributed by atoms with E-state index in [2.05, 4.69) is 16.7 Å². The Morgan fingerprint density at radius 1 is 0.750 bits per heavy atom. The minimum absolute atomic E-state index is 0.410. The monoisotopic (exact) mass is 418 g/mol. The zero-order valence-electron chi connectivity index (χ0n) is 17.2. The Bertz CT molecular complexity index is 1500. The Morgan fingerprint density at radius 2 is 1.44 bits per heavy atom. The average molecular weight is 418 g/mol. The topological polar surface area (TPSA) is 91.1 Å². The number of hydrogen-bond acceptors (Lipinski definition) is 2. The van der Waals surface area contributed by atoms with Gasteiger partial charge in [0, 0.05) is 28.4 Å². The van der Waals surface area contributed by atoms with Gasteiger partial charge in [-0.1, -0.05) is 54.6 Å². The summed E-state index contributed by atoms with van der Waals surface area (Å²) in [6, 6.07) is 30.2. The third kappa shape index (κ3) is 3.20. The van der Waals surface area contributed by atoms with E-state index in [-0.39, 0.29) is 0 Å². The van der Waals surface area contributed by atoms with Crippen molar-refractivity contribution in [3.05, 3.63) is 108 Å². The maximum atomic E-state index is 12.2. The maximum absolute atomic E-state index is 12.2. The van der Waals surface area contributed by atoms with Crippen LogP contribution in [0, 0.1) is 6.07 Å². The van der Waals surface area contributed by atoms with Gasteiger partial charge in [0.25, 0.3) is 0 Å². The number of carbonyl (C=O) groups excluding carboxylic acids is 2. The zero-order chi connectivity index (χ0) is 22.2. The summed E-state index contributed by atoms with van der Waals surface area (Å²) in [5.74, 6) is -0.969. The van der Waals surface area contributed by atoms with Crippen LogP contribution in [0.15, 0.2) is 84.9 Å². The standard InChI is InChI=1S/C27H20N3O2/c28-26(31)20-10-5-4-9-19(20)16-30-23-12-6-11-22(27(29)32)25(23)21-14-13-18(15-24(21)30)17-7-2-1-3-8-17/h1-13,15H,16H2,(H2,28,31)(H2,29,32). The Kier molecular flexibility index (Phi) is 4.71. The summed E-state index contributed by atoms with van der Waals surface area (Å²) >= 11 is 0. The largest absolute Gasteiger partial charge is 0.366 e. The first-order chi connectivity index (χ1) is 15.5. The maximum Gasteiger partial charge on any atom is 0.249 e. The molecule has 0 aliphatic rings. The Labute approximate surface area is 184 Å². The van der Waals surface area contributed by atoms with Gasteiger partial charge in [-0.15, -0.1) is 0 Å². The molecule has 4 aromatic carbocycles. The number of carbonyl (C=O) groups is 2. The molecule has 4 N–H and O–H groups in total. The van der Waals surface area contributed by atoms with Crippen LogP contribution in [0.3, 0.4) is 0 Å². The van der Waals surface area contributed by atoms with Crippen LogP contribution in [0.25, 0.3) is 32.9 Å². The van der Waals surface area contributed by atoms with Gasteiger partial charge in [0.15, 0.2) is 0 Å². The molecular weight excluding hydrogens is 398 g/mol. The third-order valence-corrected chi connectivity index (χ3v) is 5.78. The molecule has 2 amide bonds. The number of fused-ring (bicyclic) bond motifs is 3. The second-order valence-corrected chi connectivity index (χ2v) is 7.69. The fourth-order valence-electron chi connectivity index (χ4n) is 4.30. The molecule has 0 saturated heterocycles. The van der Waals surface area contributed by atoms with Crippen molar-refractivity contribution in [2.75, 3.05) is 0 Å². The van der Waals surface area contributed by atoms with Gasteiger partial charge in [0.05, 0.1) is 11.0 Å². The summed E-state index contributed by atoms with van der Waals surface area (Å²) in [5, 5.41) is 1.57. The number of amides is 2. The highest BCUT2D eigenvalue weighted by atomic mass is 16.1. The predicted molar refractivity (Wildman–Crippen MR) is 126 cm³/mol. The molecule has 0 unspecified atom stereocenters. The Hall–Kier alpha value is -4.38. The molecule has 1 heterocycles. The number of primary amides is 2. The molecule has 1 aromatic heterocycles. The summed E-state index contributed by atoms with van der Waals surface area (Å²) < 4.78 is 2.09. The van der Waals surface area contributed by atoms with Crippen LogP contribution in [-0.2, 0) is 6.54 Å². The van der Waals surface area contributed by atoms with Gasteiger partial charge in [-0.2, -0.15) is 0 Å². The van der Waals surface area contributed by atoms with Crippen molar-refractivity contribution in [3.63, 3.8) is 0 Å². The second kappa shape index (κ2) is 7.71. The van der Waals surface area contributed by atoms with Crippen molar-refractivity contribution in [2.45, 2.75) is 6.54 Å². The summed E-state index contributed by atoms with van der Waals surface area (Å²) in [6.07, 6.45) is 0. The van der Waals surface area contributed by atoms with Crippen LogP contribution in [0.4, 0.5) is 0 Å². The molecule has 5 heteroatoms. The molecule has 155 valence electrons. The smallest absolute Gasteiger partial charge is 0.249 e. The van der Waals surface area contributed by atoms with E-state index in [1.807, 2.05) is 60.7 Å². The van der Waals surface area contributed by atoms with E-state index in [4.69, 9.17) is 11.5 Å². The first-order valence-corrected chi connectivity index (χ1v) is 10.2. The normalized spacial score (nSPS) is 11.1. The number of nitrogens with zero attached hydrogens (tertiary/aromatic N) is 1. The van der Waals surface area contributed by atoms with Crippen molar-refractivity contribution in [1.82, 2.24) is 4.57 Å². The molecular formula is C27H20N3O2. The number of hydrogen-bond donors (Lipinski definition) is 2. The number of nitrogens with two attached hydrogens (primary N) is 2. The van der Waals surface area contributed by atoms with E-state index in [1.54, 1.807) is 18.2 Å². The Morgan fingerprint density at radius 3 is 2.19 bits per heavy atom. The summed E-state index contributed by atoms with van der Waals surface area (Å²) in [7, 11) is 0. The first-order valence-electron chi connectivity index (χ1n) is 10.2. The molecule has 0 spiro atoms. The van der Waals surface area contributed by atoms with Crippen LogP contribution in [-0.4, -0.2) is 16.4 Å². The van der Waals surface area contributed by atoms with E-state index >= 15 is 0 Å². The highest BCUT2D eigenvalue weighted by Crippen LogP contribution is 2.35. The highest BCUT2D eigenvalue weighted by molar-refractivity contribution is 6.18. The molecule has 0 bridgehead atoms. The van der Waals surface area contributed by atoms with Gasteiger partial charge in [-0.05, 0) is 53.1 Å².